The lowest BCUT2D eigenvalue weighted by Crippen LogP contribution is -2.35. The van der Waals surface area contributed by atoms with Gasteiger partial charge in [0.15, 0.2) is 23.4 Å². The van der Waals surface area contributed by atoms with Crippen molar-refractivity contribution in [3.05, 3.63) is 0 Å². The molecule has 2 aliphatic rings. The summed E-state index contributed by atoms with van der Waals surface area (Å²) in [5.74, 6) is -5.35. The summed E-state index contributed by atoms with van der Waals surface area (Å²) >= 11 is 0. The molecule has 1 aliphatic heterocycles. The van der Waals surface area contributed by atoms with Crippen LogP contribution >= 0.6 is 0 Å². The highest BCUT2D eigenvalue weighted by Crippen LogP contribution is 2.30. The Kier molecular flexibility index (Phi) is 2.24. The quantitative estimate of drug-likeness (QED) is 0.243. The number of imide groups is 1. The van der Waals surface area contributed by atoms with Crippen LogP contribution in [-0.4, -0.2) is 28.6 Å². The lowest BCUT2D eigenvalue weighted by molar-refractivity contribution is -0.153. The van der Waals surface area contributed by atoms with Crippen LogP contribution in [-0.2, 0) is 19.2 Å². The second-order valence-corrected chi connectivity index (χ2v) is 3.73. The number of carbonyl (C=O) groups excluding carboxylic acids is 4. The predicted octanol–water partition coefficient (Wildman–Crippen LogP) is -0.863. The number of hydrogen-bond acceptors (Lipinski definition) is 5. The maximum Gasteiger partial charge on any atom is 0.418 e. The SMILES string of the molecule is O=C1CCCC(=O)C2C(=O)[N+](O)C(=O)C12. The van der Waals surface area contributed by atoms with Crippen LogP contribution in [0.4, 0.5) is 0 Å². The summed E-state index contributed by atoms with van der Waals surface area (Å²) < 4.78 is 0. The first-order valence-corrected chi connectivity index (χ1v) is 4.66. The summed E-state index contributed by atoms with van der Waals surface area (Å²) in [6, 6.07) is 0. The van der Waals surface area contributed by atoms with E-state index in [1.165, 1.54) is 0 Å². The van der Waals surface area contributed by atoms with Gasteiger partial charge in [-0.05, 0) is 6.42 Å². The normalized spacial score (nSPS) is 33.1. The molecule has 15 heavy (non-hydrogen) atoms. The summed E-state index contributed by atoms with van der Waals surface area (Å²) in [6.07, 6.45) is 0.593. The van der Waals surface area contributed by atoms with E-state index in [2.05, 4.69) is 0 Å². The predicted molar refractivity (Wildman–Crippen MR) is 44.8 cm³/mol. The Morgan fingerprint density at radius 2 is 1.33 bits per heavy atom. The van der Waals surface area contributed by atoms with Gasteiger partial charge in [0.25, 0.3) is 0 Å². The van der Waals surface area contributed by atoms with Crippen molar-refractivity contribution in [3.63, 3.8) is 0 Å². The number of hydroxylamine groups is 2. The highest BCUT2D eigenvalue weighted by Gasteiger charge is 2.64. The average molecular weight is 211 g/mol. The second kappa shape index (κ2) is 3.32. The molecule has 1 saturated heterocycles. The summed E-state index contributed by atoms with van der Waals surface area (Å²) in [5.41, 5.74) is 0. The summed E-state index contributed by atoms with van der Waals surface area (Å²) in [6.45, 7) is 0. The van der Waals surface area contributed by atoms with Crippen molar-refractivity contribution in [1.82, 2.24) is 5.06 Å². The third-order valence-corrected chi connectivity index (χ3v) is 2.82. The molecule has 0 spiro atoms. The number of carbonyl (C=O) groups is 4. The van der Waals surface area contributed by atoms with E-state index in [4.69, 9.17) is 5.21 Å². The van der Waals surface area contributed by atoms with Gasteiger partial charge in [-0.25, -0.2) is 9.59 Å². The van der Waals surface area contributed by atoms with E-state index in [-0.39, 0.29) is 17.9 Å². The van der Waals surface area contributed by atoms with Gasteiger partial charge >= 0.3 is 11.8 Å². The molecule has 1 aliphatic carbocycles. The molecule has 6 heteroatoms. The van der Waals surface area contributed by atoms with Gasteiger partial charge in [-0.1, -0.05) is 0 Å². The molecule has 1 N–H and O–H groups in total. The topological polar surface area (TPSA) is 94.4 Å². The zero-order valence-corrected chi connectivity index (χ0v) is 7.80. The Hall–Kier alpha value is -1.40. The fourth-order valence-corrected chi connectivity index (χ4v) is 2.05. The van der Waals surface area contributed by atoms with E-state index in [0.29, 0.717) is 6.42 Å². The highest BCUT2D eigenvalue weighted by atomic mass is 16.5. The average Bonchev–Trinajstić information content (AvgIpc) is 2.35. The lowest BCUT2D eigenvalue weighted by atomic mass is 9.89. The first-order chi connectivity index (χ1) is 7.04. The molecule has 6 nitrogen and oxygen atoms in total. The van der Waals surface area contributed by atoms with Gasteiger partial charge in [0.1, 0.15) is 5.06 Å². The minimum Gasteiger partial charge on any atom is -0.299 e. The molecular formula is C9H9NO5+. The zero-order chi connectivity index (χ0) is 11.2. The number of fused-ring (bicyclic) bond motifs is 1. The van der Waals surface area contributed by atoms with Crippen molar-refractivity contribution in [2.24, 2.45) is 11.8 Å². The molecule has 2 atom stereocenters. The van der Waals surface area contributed by atoms with Gasteiger partial charge in [0, 0.05) is 12.8 Å². The second-order valence-electron chi connectivity index (χ2n) is 3.73. The Morgan fingerprint density at radius 3 is 1.73 bits per heavy atom. The molecule has 2 fully saturated rings. The number of nitrogens with zero attached hydrogens (tertiary/aromatic N) is 1. The minimum absolute atomic E-state index is 0.101. The zero-order valence-electron chi connectivity index (χ0n) is 7.80. The van der Waals surface area contributed by atoms with Gasteiger partial charge in [-0.15, -0.1) is 5.21 Å². The number of hydrogen-bond donors (Lipinski definition) is 1. The standard InChI is InChI=1S/C9H9NO5/c11-4-2-1-3-5(12)7-6(4)8(13)10(15)9(7)14/h6-7,15H,1-3H2/q+1. The fraction of sp³-hybridized carbons (Fsp3) is 0.556. The van der Waals surface area contributed by atoms with Crippen LogP contribution in [0.25, 0.3) is 0 Å². The van der Waals surface area contributed by atoms with Crippen molar-refractivity contribution >= 4 is 23.4 Å². The first-order valence-electron chi connectivity index (χ1n) is 4.66. The molecule has 1 radical (unpaired) electrons. The van der Waals surface area contributed by atoms with E-state index < -0.39 is 35.2 Å². The molecule has 0 aromatic carbocycles. The molecular weight excluding hydrogens is 202 g/mol. The summed E-state index contributed by atoms with van der Waals surface area (Å²) in [5, 5.41) is 8.95. The maximum absolute atomic E-state index is 11.5. The van der Waals surface area contributed by atoms with E-state index >= 15 is 0 Å². The maximum atomic E-state index is 11.5. The van der Waals surface area contributed by atoms with Crippen LogP contribution in [0.15, 0.2) is 0 Å². The molecule has 2 rings (SSSR count). The van der Waals surface area contributed by atoms with Crippen molar-refractivity contribution < 1.29 is 24.4 Å². The summed E-state index contributed by atoms with van der Waals surface area (Å²) in [4.78, 5) is 45.6. The molecule has 2 amide bonds. The van der Waals surface area contributed by atoms with Crippen molar-refractivity contribution in [2.45, 2.75) is 19.3 Å². The van der Waals surface area contributed by atoms with Crippen LogP contribution in [0.2, 0.25) is 0 Å². The van der Waals surface area contributed by atoms with Gasteiger partial charge in [-0.2, -0.15) is 0 Å². The Labute approximate surface area is 84.8 Å². The van der Waals surface area contributed by atoms with Gasteiger partial charge < -0.3 is 0 Å². The fourth-order valence-electron chi connectivity index (χ4n) is 2.05. The Morgan fingerprint density at radius 1 is 0.933 bits per heavy atom. The Balaban J connectivity index is 2.44. The number of amides is 2. The van der Waals surface area contributed by atoms with Crippen molar-refractivity contribution in [2.75, 3.05) is 0 Å². The molecule has 0 bridgehead atoms. The van der Waals surface area contributed by atoms with E-state index in [9.17, 15) is 19.2 Å². The third-order valence-electron chi connectivity index (χ3n) is 2.82. The Bertz CT molecular complexity index is 341. The first kappa shape index (κ1) is 10.1. The van der Waals surface area contributed by atoms with Crippen LogP contribution < -0.4 is 5.06 Å². The van der Waals surface area contributed by atoms with E-state index in [1.54, 1.807) is 0 Å². The number of Topliss-reactive ketones (excluding diaryl/α,β-unsaturated/α-hetero) is 2. The molecule has 79 valence electrons. The molecule has 1 heterocycles. The van der Waals surface area contributed by atoms with Crippen molar-refractivity contribution in [1.29, 1.82) is 0 Å². The number of ketones is 2. The van der Waals surface area contributed by atoms with Gasteiger partial charge in [0.05, 0.1) is 0 Å². The smallest absolute Gasteiger partial charge is 0.299 e. The van der Waals surface area contributed by atoms with Crippen LogP contribution in [0.3, 0.4) is 0 Å². The molecule has 0 aromatic rings. The van der Waals surface area contributed by atoms with Crippen molar-refractivity contribution in [3.8, 4) is 0 Å². The van der Waals surface area contributed by atoms with Crippen LogP contribution in [0.5, 0.6) is 0 Å². The van der Waals surface area contributed by atoms with E-state index in [1.807, 2.05) is 0 Å². The van der Waals surface area contributed by atoms with Gasteiger partial charge in [-0.3, -0.25) is 9.59 Å². The minimum atomic E-state index is -1.28. The summed E-state index contributed by atoms with van der Waals surface area (Å²) in [7, 11) is 0. The monoisotopic (exact) mass is 211 g/mol. The molecule has 0 aromatic heterocycles. The molecule has 2 unspecified atom stereocenters. The van der Waals surface area contributed by atoms with Crippen LogP contribution in [0, 0.1) is 11.8 Å². The van der Waals surface area contributed by atoms with Crippen LogP contribution in [0.1, 0.15) is 19.3 Å². The third kappa shape index (κ3) is 1.33. The largest absolute Gasteiger partial charge is 0.418 e. The molecule has 1 saturated carbocycles. The number of rotatable bonds is 0. The highest BCUT2D eigenvalue weighted by molar-refractivity contribution is 6.23. The van der Waals surface area contributed by atoms with E-state index in [0.717, 1.165) is 0 Å². The lowest BCUT2D eigenvalue weighted by Gasteiger charge is -2.02. The van der Waals surface area contributed by atoms with Gasteiger partial charge in [0.2, 0.25) is 0 Å².